The number of carbonyl (C=O) groups is 1. The van der Waals surface area contributed by atoms with Gasteiger partial charge in [0.15, 0.2) is 0 Å². The summed E-state index contributed by atoms with van der Waals surface area (Å²) in [4.78, 5) is 29.6. The van der Waals surface area contributed by atoms with Crippen molar-refractivity contribution in [1.29, 1.82) is 0 Å². The summed E-state index contributed by atoms with van der Waals surface area (Å²) in [5.41, 5.74) is -5.50. The fourth-order valence-corrected chi connectivity index (χ4v) is 2.55. The lowest BCUT2D eigenvalue weighted by Gasteiger charge is -2.15. The third kappa shape index (κ3) is 3.68. The molecular weight excluding hydrogens is 392 g/mol. The molecule has 0 saturated heterocycles. The topological polar surface area (TPSA) is 74.8 Å². The van der Waals surface area contributed by atoms with Gasteiger partial charge < -0.3 is 10.3 Å². The Labute approximate surface area is 152 Å². The molecule has 1 amide bonds. The maximum Gasteiger partial charge on any atom is 0.417 e. The van der Waals surface area contributed by atoms with E-state index in [1.807, 2.05) is 0 Å². The van der Waals surface area contributed by atoms with Crippen LogP contribution in [0.4, 0.5) is 32.0 Å². The molecule has 0 aliphatic heterocycles. The Balaban J connectivity index is 2.10. The van der Waals surface area contributed by atoms with Crippen LogP contribution in [0.3, 0.4) is 0 Å². The number of anilines is 1. The molecule has 0 radical (unpaired) electrons. The van der Waals surface area contributed by atoms with Gasteiger partial charge in [0.2, 0.25) is 0 Å². The molecule has 3 aromatic rings. The molecule has 0 unspecified atom stereocenters. The highest BCUT2D eigenvalue weighted by atomic mass is 19.4. The summed E-state index contributed by atoms with van der Waals surface area (Å²) >= 11 is 0. The van der Waals surface area contributed by atoms with Crippen molar-refractivity contribution < 1.29 is 31.1 Å². The van der Waals surface area contributed by atoms with Crippen LogP contribution in [-0.4, -0.2) is 15.9 Å². The number of fused-ring (bicyclic) bond motifs is 1. The largest absolute Gasteiger partial charge is 0.417 e. The highest BCUT2D eigenvalue weighted by Gasteiger charge is 2.38. The van der Waals surface area contributed by atoms with Gasteiger partial charge in [-0.3, -0.25) is 14.6 Å². The van der Waals surface area contributed by atoms with Crippen molar-refractivity contribution in [2.24, 2.45) is 0 Å². The molecule has 0 bridgehead atoms. The van der Waals surface area contributed by atoms with Crippen LogP contribution in [0.1, 0.15) is 21.5 Å². The van der Waals surface area contributed by atoms with Crippen molar-refractivity contribution in [2.75, 3.05) is 5.32 Å². The Morgan fingerprint density at radius 3 is 2.36 bits per heavy atom. The minimum atomic E-state index is -4.95. The summed E-state index contributed by atoms with van der Waals surface area (Å²) in [6.07, 6.45) is -8.74. The van der Waals surface area contributed by atoms with E-state index < -0.39 is 46.2 Å². The van der Waals surface area contributed by atoms with Crippen LogP contribution in [0.25, 0.3) is 10.9 Å². The number of aromatic nitrogens is 2. The van der Waals surface area contributed by atoms with Gasteiger partial charge in [-0.25, -0.2) is 0 Å². The summed E-state index contributed by atoms with van der Waals surface area (Å²) in [7, 11) is 0. The minimum absolute atomic E-state index is 0.0247. The Kier molecular flexibility index (Phi) is 4.61. The highest BCUT2D eigenvalue weighted by molar-refractivity contribution is 6.07. The van der Waals surface area contributed by atoms with E-state index in [4.69, 9.17) is 0 Å². The van der Waals surface area contributed by atoms with E-state index in [1.165, 1.54) is 18.2 Å². The molecule has 0 spiro atoms. The Morgan fingerprint density at radius 1 is 1.04 bits per heavy atom. The molecule has 0 fully saturated rings. The van der Waals surface area contributed by atoms with Gasteiger partial charge >= 0.3 is 12.4 Å². The van der Waals surface area contributed by atoms with E-state index in [0.717, 1.165) is 6.07 Å². The second kappa shape index (κ2) is 6.66. The van der Waals surface area contributed by atoms with Crippen LogP contribution in [0.5, 0.6) is 0 Å². The normalized spacial score (nSPS) is 12.2. The SMILES string of the molecule is O=C(Nc1cc(C(F)(F)F)c[nH]c1=O)c1cnc2ccccc2c1C(F)(F)F. The molecule has 0 atom stereocenters. The number of H-pyrrole nitrogens is 1. The number of hydrogen-bond donors (Lipinski definition) is 2. The molecule has 146 valence electrons. The zero-order valence-corrected chi connectivity index (χ0v) is 13.6. The van der Waals surface area contributed by atoms with Crippen molar-refractivity contribution in [3.05, 3.63) is 69.8 Å². The number of amides is 1. The standard InChI is InChI=1S/C17H9F6N3O2/c18-16(19,20)8-5-12(15(28)25-6-8)26-14(27)10-7-24-11-4-2-1-3-9(11)13(10)17(21,22)23/h1-7H,(H,25,28)(H,26,27). The number of nitrogens with one attached hydrogen (secondary N) is 2. The molecule has 11 heteroatoms. The molecule has 2 N–H and O–H groups in total. The second-order valence-corrected chi connectivity index (χ2v) is 5.64. The lowest BCUT2D eigenvalue weighted by Crippen LogP contribution is -2.24. The quantitative estimate of drug-likeness (QED) is 0.632. The predicted molar refractivity (Wildman–Crippen MR) is 86.8 cm³/mol. The van der Waals surface area contributed by atoms with Gasteiger partial charge in [0.1, 0.15) is 5.69 Å². The second-order valence-electron chi connectivity index (χ2n) is 5.64. The fraction of sp³-hybridized carbons (Fsp3) is 0.118. The van der Waals surface area contributed by atoms with Crippen molar-refractivity contribution in [3.8, 4) is 0 Å². The molecule has 2 heterocycles. The van der Waals surface area contributed by atoms with E-state index in [1.54, 1.807) is 10.3 Å². The molecule has 3 rings (SSSR count). The van der Waals surface area contributed by atoms with Gasteiger partial charge in [-0.15, -0.1) is 0 Å². The number of rotatable bonds is 2. The fourth-order valence-electron chi connectivity index (χ4n) is 2.55. The number of nitrogens with zero attached hydrogens (tertiary/aromatic N) is 1. The summed E-state index contributed by atoms with van der Waals surface area (Å²) in [6, 6.07) is 5.52. The number of aromatic amines is 1. The summed E-state index contributed by atoms with van der Waals surface area (Å²) < 4.78 is 78.9. The molecule has 5 nitrogen and oxygen atoms in total. The zero-order valence-electron chi connectivity index (χ0n) is 13.6. The predicted octanol–water partition coefficient (Wildman–Crippen LogP) is 4.21. The third-order valence-electron chi connectivity index (χ3n) is 3.78. The molecule has 0 aliphatic rings. The molecular formula is C17H9F6N3O2. The first-order valence-corrected chi connectivity index (χ1v) is 7.54. The number of hydrogen-bond acceptors (Lipinski definition) is 3. The van der Waals surface area contributed by atoms with Crippen LogP contribution in [0.15, 0.2) is 47.5 Å². The van der Waals surface area contributed by atoms with Gasteiger partial charge in [-0.1, -0.05) is 18.2 Å². The third-order valence-corrected chi connectivity index (χ3v) is 3.78. The Morgan fingerprint density at radius 2 is 1.71 bits per heavy atom. The van der Waals surface area contributed by atoms with E-state index in [0.29, 0.717) is 18.5 Å². The average Bonchev–Trinajstić information content (AvgIpc) is 2.60. The Bertz CT molecular complexity index is 1120. The lowest BCUT2D eigenvalue weighted by atomic mass is 10.0. The van der Waals surface area contributed by atoms with Crippen molar-refractivity contribution in [3.63, 3.8) is 0 Å². The molecule has 1 aromatic carbocycles. The maximum atomic E-state index is 13.6. The average molecular weight is 401 g/mol. The Hall–Kier alpha value is -3.37. The smallest absolute Gasteiger partial charge is 0.327 e. The van der Waals surface area contributed by atoms with Gasteiger partial charge in [0, 0.05) is 17.8 Å². The first kappa shape index (κ1) is 19.4. The van der Waals surface area contributed by atoms with Crippen LogP contribution in [0.2, 0.25) is 0 Å². The van der Waals surface area contributed by atoms with Crippen molar-refractivity contribution in [2.45, 2.75) is 12.4 Å². The number of benzene rings is 1. The minimum Gasteiger partial charge on any atom is -0.327 e. The van der Waals surface area contributed by atoms with Crippen LogP contribution in [-0.2, 0) is 12.4 Å². The first-order valence-electron chi connectivity index (χ1n) is 7.54. The highest BCUT2D eigenvalue weighted by Crippen LogP contribution is 2.37. The van der Waals surface area contributed by atoms with Gasteiger partial charge in [0.25, 0.3) is 11.5 Å². The van der Waals surface area contributed by atoms with E-state index in [9.17, 15) is 35.9 Å². The number of para-hydroxylation sites is 1. The van der Waals surface area contributed by atoms with Crippen molar-refractivity contribution >= 4 is 22.5 Å². The van der Waals surface area contributed by atoms with Crippen LogP contribution in [0, 0.1) is 0 Å². The van der Waals surface area contributed by atoms with E-state index in [-0.39, 0.29) is 10.9 Å². The maximum absolute atomic E-state index is 13.6. The molecule has 2 aromatic heterocycles. The van der Waals surface area contributed by atoms with Crippen LogP contribution < -0.4 is 10.9 Å². The molecule has 0 aliphatic carbocycles. The monoisotopic (exact) mass is 401 g/mol. The number of halogens is 6. The number of pyridine rings is 2. The van der Waals surface area contributed by atoms with E-state index in [2.05, 4.69) is 4.98 Å². The summed E-state index contributed by atoms with van der Waals surface area (Å²) in [5, 5.41) is 1.43. The summed E-state index contributed by atoms with van der Waals surface area (Å²) in [6.45, 7) is 0. The zero-order chi connectivity index (χ0) is 20.7. The van der Waals surface area contributed by atoms with Gasteiger partial charge in [0.05, 0.1) is 22.2 Å². The first-order chi connectivity index (χ1) is 13.0. The molecule has 28 heavy (non-hydrogen) atoms. The number of carbonyl (C=O) groups excluding carboxylic acids is 1. The van der Waals surface area contributed by atoms with Gasteiger partial charge in [-0.2, -0.15) is 26.3 Å². The van der Waals surface area contributed by atoms with E-state index >= 15 is 0 Å². The number of alkyl halides is 6. The van der Waals surface area contributed by atoms with Crippen molar-refractivity contribution in [1.82, 2.24) is 9.97 Å². The lowest BCUT2D eigenvalue weighted by molar-refractivity contribution is -0.138. The van der Waals surface area contributed by atoms with Crippen LogP contribution >= 0.6 is 0 Å². The molecule has 0 saturated carbocycles. The van der Waals surface area contributed by atoms with Gasteiger partial charge in [-0.05, 0) is 12.1 Å². The summed E-state index contributed by atoms with van der Waals surface area (Å²) in [5.74, 6) is -1.42.